The number of aromatic nitrogens is 4. The smallest absolute Gasteiger partial charge is 0.168 e. The van der Waals surface area contributed by atoms with E-state index in [1.54, 1.807) is 24.8 Å². The maximum absolute atomic E-state index is 13.1. The van der Waals surface area contributed by atoms with Crippen molar-refractivity contribution in [3.63, 3.8) is 0 Å². The highest BCUT2D eigenvalue weighted by Crippen LogP contribution is 2.23. The molecular weight excluding hydrogens is 419 g/mol. The highest BCUT2D eigenvalue weighted by Gasteiger charge is 2.14. The van der Waals surface area contributed by atoms with Gasteiger partial charge in [0.1, 0.15) is 11.6 Å². The Bertz CT molecular complexity index is 1290. The fourth-order valence-electron chi connectivity index (χ4n) is 3.97. The van der Waals surface area contributed by atoms with Crippen LogP contribution < -0.4 is 10.6 Å². The van der Waals surface area contributed by atoms with E-state index >= 15 is 0 Å². The zero-order chi connectivity index (χ0) is 22.6. The number of rotatable bonds is 6. The van der Waals surface area contributed by atoms with Crippen molar-refractivity contribution in [2.45, 2.75) is 25.3 Å². The summed E-state index contributed by atoms with van der Waals surface area (Å²) in [4.78, 5) is 30.5. The third-order valence-corrected chi connectivity index (χ3v) is 5.75. The number of halogens is 1. The van der Waals surface area contributed by atoms with Crippen molar-refractivity contribution in [2.24, 2.45) is 0 Å². The summed E-state index contributed by atoms with van der Waals surface area (Å²) in [6.07, 6.45) is 9.10. The number of anilines is 1. The van der Waals surface area contributed by atoms with Gasteiger partial charge in [0.15, 0.2) is 5.78 Å². The van der Waals surface area contributed by atoms with Crippen LogP contribution in [0.5, 0.6) is 0 Å². The van der Waals surface area contributed by atoms with Gasteiger partial charge < -0.3 is 10.6 Å². The molecule has 1 aliphatic rings. The molecule has 0 aliphatic carbocycles. The van der Waals surface area contributed by atoms with Gasteiger partial charge in [-0.05, 0) is 62.3 Å². The van der Waals surface area contributed by atoms with Gasteiger partial charge in [0, 0.05) is 34.4 Å². The number of hydrogen-bond donors (Lipinski definition) is 2. The highest BCUT2D eigenvalue weighted by atomic mass is 19.1. The Hall–Kier alpha value is -3.78. The van der Waals surface area contributed by atoms with Crippen molar-refractivity contribution in [2.75, 3.05) is 18.4 Å². The molecule has 0 atom stereocenters. The lowest BCUT2D eigenvalue weighted by Crippen LogP contribution is -2.35. The Labute approximate surface area is 190 Å². The number of benzene rings is 1. The van der Waals surface area contributed by atoms with E-state index < -0.39 is 0 Å². The summed E-state index contributed by atoms with van der Waals surface area (Å²) in [7, 11) is 0. The molecule has 1 saturated heterocycles. The average molecular weight is 442 g/mol. The van der Waals surface area contributed by atoms with Crippen LogP contribution in [0.2, 0.25) is 0 Å². The van der Waals surface area contributed by atoms with Gasteiger partial charge in [0.05, 0.1) is 36.2 Å². The van der Waals surface area contributed by atoms with E-state index in [4.69, 9.17) is 4.98 Å². The minimum Gasteiger partial charge on any atom is -0.366 e. The maximum Gasteiger partial charge on any atom is 0.168 e. The minimum absolute atomic E-state index is 0.117. The molecule has 1 aliphatic heterocycles. The van der Waals surface area contributed by atoms with Gasteiger partial charge in [-0.2, -0.15) is 0 Å². The number of nitrogens with one attached hydrogen (secondary N) is 2. The van der Waals surface area contributed by atoms with Gasteiger partial charge >= 0.3 is 0 Å². The number of fused-ring (bicyclic) bond motifs is 1. The van der Waals surface area contributed by atoms with Crippen LogP contribution in [0.3, 0.4) is 0 Å². The Balaban J connectivity index is 1.37. The Morgan fingerprint density at radius 2 is 1.85 bits per heavy atom. The summed E-state index contributed by atoms with van der Waals surface area (Å²) in [6, 6.07) is 9.77. The molecule has 4 heterocycles. The van der Waals surface area contributed by atoms with E-state index in [0.29, 0.717) is 17.3 Å². The first kappa shape index (κ1) is 21.1. The summed E-state index contributed by atoms with van der Waals surface area (Å²) >= 11 is 0. The van der Waals surface area contributed by atoms with Crippen molar-refractivity contribution in [1.82, 2.24) is 25.3 Å². The van der Waals surface area contributed by atoms with E-state index in [2.05, 4.69) is 25.6 Å². The lowest BCUT2D eigenvalue weighted by Gasteiger charge is -2.24. The molecule has 5 rings (SSSR count). The molecule has 0 spiro atoms. The predicted molar refractivity (Wildman–Crippen MR) is 125 cm³/mol. The fraction of sp³-hybridized carbons (Fsp3) is 0.240. The summed E-state index contributed by atoms with van der Waals surface area (Å²) in [5.74, 6) is 0.264. The highest BCUT2D eigenvalue weighted by molar-refractivity contribution is 5.97. The Morgan fingerprint density at radius 3 is 2.67 bits per heavy atom. The van der Waals surface area contributed by atoms with Crippen LogP contribution >= 0.6 is 0 Å². The van der Waals surface area contributed by atoms with E-state index in [-0.39, 0.29) is 18.0 Å². The van der Waals surface area contributed by atoms with Crippen molar-refractivity contribution in [1.29, 1.82) is 0 Å². The van der Waals surface area contributed by atoms with E-state index in [1.165, 1.54) is 24.3 Å². The molecule has 4 aromatic rings. The second-order valence-electron chi connectivity index (χ2n) is 8.16. The van der Waals surface area contributed by atoms with Crippen LogP contribution in [0.15, 0.2) is 61.2 Å². The molecule has 166 valence electrons. The molecule has 1 aromatic carbocycles. The zero-order valence-corrected chi connectivity index (χ0v) is 18.0. The lowest BCUT2D eigenvalue weighted by atomic mass is 10.0. The Morgan fingerprint density at radius 1 is 1.03 bits per heavy atom. The first-order chi connectivity index (χ1) is 16.1. The molecule has 33 heavy (non-hydrogen) atoms. The molecule has 3 aromatic heterocycles. The standard InChI is InChI=1S/C25H23FN6O/c26-19-3-1-16(2-4-19)24(33)11-21-10-17-9-18(12-30-22(17)14-29-21)23-13-28-15-25(32-23)31-20-5-7-27-8-6-20/h1-4,9-10,12-15,20,27H,5-8,11H2,(H,31,32). The van der Waals surface area contributed by atoms with Crippen LogP contribution in [-0.4, -0.2) is 44.9 Å². The van der Waals surface area contributed by atoms with Crippen molar-refractivity contribution >= 4 is 22.5 Å². The number of nitrogens with zero attached hydrogens (tertiary/aromatic N) is 4. The number of pyridine rings is 2. The van der Waals surface area contributed by atoms with Crippen LogP contribution in [0.1, 0.15) is 28.9 Å². The maximum atomic E-state index is 13.1. The van der Waals surface area contributed by atoms with Gasteiger partial charge in [-0.3, -0.25) is 19.7 Å². The summed E-state index contributed by atoms with van der Waals surface area (Å²) in [5.41, 5.74) is 3.38. The van der Waals surface area contributed by atoms with Crippen LogP contribution in [0.4, 0.5) is 10.2 Å². The summed E-state index contributed by atoms with van der Waals surface area (Å²) < 4.78 is 13.1. The van der Waals surface area contributed by atoms with Gasteiger partial charge in [0.2, 0.25) is 0 Å². The van der Waals surface area contributed by atoms with Crippen molar-refractivity contribution < 1.29 is 9.18 Å². The zero-order valence-electron chi connectivity index (χ0n) is 18.0. The molecule has 7 nitrogen and oxygen atoms in total. The second-order valence-corrected chi connectivity index (χ2v) is 8.16. The van der Waals surface area contributed by atoms with E-state index in [9.17, 15) is 9.18 Å². The first-order valence-corrected chi connectivity index (χ1v) is 11.0. The molecule has 0 radical (unpaired) electrons. The van der Waals surface area contributed by atoms with Crippen LogP contribution in [0, 0.1) is 5.82 Å². The monoisotopic (exact) mass is 442 g/mol. The van der Waals surface area contributed by atoms with E-state index in [0.717, 1.165) is 53.9 Å². The van der Waals surface area contributed by atoms with E-state index in [1.807, 2.05) is 12.1 Å². The molecule has 0 unspecified atom stereocenters. The van der Waals surface area contributed by atoms with Crippen LogP contribution in [0.25, 0.3) is 22.2 Å². The minimum atomic E-state index is -0.368. The second kappa shape index (κ2) is 9.38. The fourth-order valence-corrected chi connectivity index (χ4v) is 3.97. The SMILES string of the molecule is O=C(Cc1cc2cc(-c3cncc(NC4CCNCC4)n3)cnc2cn1)c1ccc(F)cc1. The molecule has 0 amide bonds. The molecule has 1 fully saturated rings. The molecular formula is C25H23FN6O. The third-order valence-electron chi connectivity index (χ3n) is 5.75. The molecule has 8 heteroatoms. The number of carbonyl (C=O) groups is 1. The topological polar surface area (TPSA) is 92.7 Å². The number of piperidine rings is 1. The molecule has 2 N–H and O–H groups in total. The molecule has 0 bridgehead atoms. The summed E-state index contributed by atoms with van der Waals surface area (Å²) in [5, 5.41) is 7.69. The van der Waals surface area contributed by atoms with Gasteiger partial charge in [0.25, 0.3) is 0 Å². The average Bonchev–Trinajstić information content (AvgIpc) is 2.85. The largest absolute Gasteiger partial charge is 0.366 e. The molecule has 0 saturated carbocycles. The Kier molecular flexibility index (Phi) is 5.99. The van der Waals surface area contributed by atoms with Crippen LogP contribution in [-0.2, 0) is 6.42 Å². The quantitative estimate of drug-likeness (QED) is 0.439. The summed E-state index contributed by atoms with van der Waals surface area (Å²) in [6.45, 7) is 2.00. The number of ketones is 1. The van der Waals surface area contributed by atoms with Gasteiger partial charge in [-0.25, -0.2) is 9.37 Å². The first-order valence-electron chi connectivity index (χ1n) is 11.0. The van der Waals surface area contributed by atoms with Gasteiger partial charge in [-0.1, -0.05) is 0 Å². The van der Waals surface area contributed by atoms with Crippen molar-refractivity contribution in [3.8, 4) is 11.3 Å². The third kappa shape index (κ3) is 5.01. The number of Topliss-reactive ketones (excluding diaryl/α,β-unsaturated/α-hetero) is 1. The lowest BCUT2D eigenvalue weighted by molar-refractivity contribution is 0.0992. The normalized spacial score (nSPS) is 14.3. The van der Waals surface area contributed by atoms with Gasteiger partial charge in [-0.15, -0.1) is 0 Å². The number of carbonyl (C=O) groups excluding carboxylic acids is 1. The van der Waals surface area contributed by atoms with Crippen molar-refractivity contribution in [3.05, 3.63) is 78.3 Å². The predicted octanol–water partition coefficient (Wildman–Crippen LogP) is 3.82. The number of hydrogen-bond acceptors (Lipinski definition) is 7.